The van der Waals surface area contributed by atoms with Crippen LogP contribution in [0.15, 0.2) is 41.4 Å². The van der Waals surface area contributed by atoms with E-state index in [1.807, 2.05) is 12.1 Å². The molecule has 0 spiro atoms. The molecule has 0 aliphatic carbocycles. The van der Waals surface area contributed by atoms with Crippen LogP contribution in [0.4, 0.5) is 0 Å². The molecule has 1 unspecified atom stereocenters. The van der Waals surface area contributed by atoms with Crippen molar-refractivity contribution in [1.29, 1.82) is 0 Å². The van der Waals surface area contributed by atoms with Crippen molar-refractivity contribution in [2.24, 2.45) is 4.99 Å². The minimum Gasteiger partial charge on any atom is -0.497 e. The second-order valence-corrected chi connectivity index (χ2v) is 5.74. The molecule has 0 aliphatic heterocycles. The minimum absolute atomic E-state index is 0.205. The van der Waals surface area contributed by atoms with Crippen molar-refractivity contribution in [3.05, 3.63) is 42.0 Å². The third kappa shape index (κ3) is 5.13. The lowest BCUT2D eigenvalue weighted by Gasteiger charge is -2.17. The van der Waals surface area contributed by atoms with Crippen molar-refractivity contribution in [1.82, 2.24) is 10.6 Å². The standard InChI is InChI=1S/C19H27N3O2/c1-5-20-19(22-14(2)13-23-3)21-12-15-6-7-17-11-18(24-4)9-8-16(17)10-15/h6-11,14H,5,12-13H2,1-4H3,(H2,20,21,22). The van der Waals surface area contributed by atoms with Gasteiger partial charge in [-0.05, 0) is 48.4 Å². The van der Waals surface area contributed by atoms with Gasteiger partial charge in [-0.3, -0.25) is 0 Å². The Kier molecular flexibility index (Phi) is 6.88. The van der Waals surface area contributed by atoms with Gasteiger partial charge in [0.05, 0.1) is 20.3 Å². The summed E-state index contributed by atoms with van der Waals surface area (Å²) in [7, 11) is 3.39. The molecule has 1 atom stereocenters. The number of hydrogen-bond donors (Lipinski definition) is 2. The number of hydrogen-bond acceptors (Lipinski definition) is 3. The molecule has 2 aromatic rings. The Morgan fingerprint density at radius 1 is 1.12 bits per heavy atom. The summed E-state index contributed by atoms with van der Waals surface area (Å²) in [5.41, 5.74) is 1.17. The predicted octanol–water partition coefficient (Wildman–Crippen LogP) is 2.94. The van der Waals surface area contributed by atoms with E-state index in [9.17, 15) is 0 Å². The predicted molar refractivity (Wildman–Crippen MR) is 99.8 cm³/mol. The molecule has 130 valence electrons. The first-order valence-electron chi connectivity index (χ1n) is 8.26. The van der Waals surface area contributed by atoms with E-state index in [0.29, 0.717) is 13.2 Å². The van der Waals surface area contributed by atoms with E-state index in [2.05, 4.69) is 53.7 Å². The first kappa shape index (κ1) is 18.1. The minimum atomic E-state index is 0.205. The van der Waals surface area contributed by atoms with Gasteiger partial charge < -0.3 is 20.1 Å². The second-order valence-electron chi connectivity index (χ2n) is 5.74. The van der Waals surface area contributed by atoms with E-state index in [1.54, 1.807) is 14.2 Å². The lowest BCUT2D eigenvalue weighted by atomic mass is 10.1. The fourth-order valence-electron chi connectivity index (χ4n) is 2.51. The maximum Gasteiger partial charge on any atom is 0.191 e. The number of guanidine groups is 1. The van der Waals surface area contributed by atoms with Crippen molar-refractivity contribution >= 4 is 16.7 Å². The highest BCUT2D eigenvalue weighted by Gasteiger charge is 2.04. The number of methoxy groups -OCH3 is 2. The van der Waals surface area contributed by atoms with Crippen LogP contribution in [-0.4, -0.2) is 39.4 Å². The fraction of sp³-hybridized carbons (Fsp3) is 0.421. The number of benzene rings is 2. The van der Waals surface area contributed by atoms with Gasteiger partial charge in [-0.1, -0.05) is 18.2 Å². The highest BCUT2D eigenvalue weighted by molar-refractivity contribution is 5.84. The first-order valence-corrected chi connectivity index (χ1v) is 8.26. The Hall–Kier alpha value is -2.27. The van der Waals surface area contributed by atoms with Crippen LogP contribution in [0.1, 0.15) is 19.4 Å². The summed E-state index contributed by atoms with van der Waals surface area (Å²) in [5, 5.41) is 8.96. The number of ether oxygens (including phenoxy) is 2. The summed E-state index contributed by atoms with van der Waals surface area (Å²) in [6.07, 6.45) is 0. The molecule has 0 aliphatic rings. The van der Waals surface area contributed by atoms with Crippen molar-refractivity contribution in [2.45, 2.75) is 26.4 Å². The lowest BCUT2D eigenvalue weighted by Crippen LogP contribution is -2.43. The van der Waals surface area contributed by atoms with Crippen LogP contribution in [-0.2, 0) is 11.3 Å². The molecule has 0 heterocycles. The van der Waals surface area contributed by atoms with Crippen LogP contribution >= 0.6 is 0 Å². The molecule has 0 bridgehead atoms. The number of rotatable bonds is 7. The molecule has 5 nitrogen and oxygen atoms in total. The number of nitrogens with one attached hydrogen (secondary N) is 2. The van der Waals surface area contributed by atoms with Gasteiger partial charge in [-0.25, -0.2) is 4.99 Å². The van der Waals surface area contributed by atoms with Crippen LogP contribution in [0.5, 0.6) is 5.75 Å². The van der Waals surface area contributed by atoms with Gasteiger partial charge >= 0.3 is 0 Å². The topological polar surface area (TPSA) is 54.9 Å². The zero-order chi connectivity index (χ0) is 17.4. The highest BCUT2D eigenvalue weighted by atomic mass is 16.5. The maximum absolute atomic E-state index is 5.27. The van der Waals surface area contributed by atoms with Gasteiger partial charge in [-0.15, -0.1) is 0 Å². The Morgan fingerprint density at radius 2 is 1.88 bits per heavy atom. The average Bonchev–Trinajstić information content (AvgIpc) is 2.59. The zero-order valence-corrected chi connectivity index (χ0v) is 14.9. The van der Waals surface area contributed by atoms with Crippen LogP contribution in [0, 0.1) is 0 Å². The summed E-state index contributed by atoms with van der Waals surface area (Å²) >= 11 is 0. The summed E-state index contributed by atoms with van der Waals surface area (Å²) in [6.45, 7) is 6.21. The maximum atomic E-state index is 5.27. The second kappa shape index (κ2) is 9.13. The molecular formula is C19H27N3O2. The quantitative estimate of drug-likeness (QED) is 0.606. The molecule has 0 saturated heterocycles. The van der Waals surface area contributed by atoms with Crippen LogP contribution in [0.25, 0.3) is 10.8 Å². The lowest BCUT2D eigenvalue weighted by molar-refractivity contribution is 0.179. The largest absolute Gasteiger partial charge is 0.497 e. The van der Waals surface area contributed by atoms with Gasteiger partial charge in [0.25, 0.3) is 0 Å². The molecule has 0 saturated carbocycles. The van der Waals surface area contributed by atoms with Crippen LogP contribution < -0.4 is 15.4 Å². The van der Waals surface area contributed by atoms with Crippen LogP contribution in [0.3, 0.4) is 0 Å². The van der Waals surface area contributed by atoms with E-state index in [4.69, 9.17) is 9.47 Å². The molecule has 2 rings (SSSR count). The SMILES string of the molecule is CCNC(=NCc1ccc2cc(OC)ccc2c1)NC(C)COC. The van der Waals surface area contributed by atoms with Crippen molar-refractivity contribution in [2.75, 3.05) is 27.4 Å². The van der Waals surface area contributed by atoms with Crippen molar-refractivity contribution in [3.63, 3.8) is 0 Å². The van der Waals surface area contributed by atoms with E-state index in [-0.39, 0.29) is 6.04 Å². The summed E-state index contributed by atoms with van der Waals surface area (Å²) in [6, 6.07) is 12.7. The third-order valence-electron chi connectivity index (χ3n) is 3.68. The Labute approximate surface area is 144 Å². The normalized spacial score (nSPS) is 12.9. The smallest absolute Gasteiger partial charge is 0.191 e. The Balaban J connectivity index is 2.11. The van der Waals surface area contributed by atoms with Crippen molar-refractivity contribution < 1.29 is 9.47 Å². The number of fused-ring (bicyclic) bond motifs is 1. The molecule has 5 heteroatoms. The third-order valence-corrected chi connectivity index (χ3v) is 3.68. The summed E-state index contributed by atoms with van der Waals surface area (Å²) in [4.78, 5) is 4.66. The fourth-order valence-corrected chi connectivity index (χ4v) is 2.51. The van der Waals surface area contributed by atoms with Gasteiger partial charge in [0, 0.05) is 19.7 Å². The number of nitrogens with zero attached hydrogens (tertiary/aromatic N) is 1. The van der Waals surface area contributed by atoms with Gasteiger partial charge in [-0.2, -0.15) is 0 Å². The molecule has 0 radical (unpaired) electrons. The van der Waals surface area contributed by atoms with Gasteiger partial charge in [0.2, 0.25) is 0 Å². The van der Waals surface area contributed by atoms with E-state index < -0.39 is 0 Å². The summed E-state index contributed by atoms with van der Waals surface area (Å²) < 4.78 is 10.4. The molecule has 2 N–H and O–H groups in total. The summed E-state index contributed by atoms with van der Waals surface area (Å²) in [5.74, 6) is 1.68. The van der Waals surface area contributed by atoms with Gasteiger partial charge in [0.1, 0.15) is 5.75 Å². The molecule has 0 aromatic heterocycles. The monoisotopic (exact) mass is 329 g/mol. The Bertz CT molecular complexity index is 685. The molecule has 24 heavy (non-hydrogen) atoms. The van der Waals surface area contributed by atoms with E-state index in [0.717, 1.165) is 18.3 Å². The molecule has 2 aromatic carbocycles. The van der Waals surface area contributed by atoms with E-state index in [1.165, 1.54) is 16.3 Å². The van der Waals surface area contributed by atoms with Crippen molar-refractivity contribution in [3.8, 4) is 5.75 Å². The molecular weight excluding hydrogens is 302 g/mol. The molecule has 0 amide bonds. The average molecular weight is 329 g/mol. The van der Waals surface area contributed by atoms with Gasteiger partial charge in [0.15, 0.2) is 5.96 Å². The first-order chi connectivity index (χ1) is 11.7. The van der Waals surface area contributed by atoms with E-state index >= 15 is 0 Å². The highest BCUT2D eigenvalue weighted by Crippen LogP contribution is 2.22. The number of aliphatic imine (C=N–C) groups is 1. The Morgan fingerprint density at radius 3 is 2.58 bits per heavy atom. The molecule has 0 fully saturated rings. The zero-order valence-electron chi connectivity index (χ0n) is 14.9. The van der Waals surface area contributed by atoms with Crippen LogP contribution in [0.2, 0.25) is 0 Å².